The molecule has 8 nitrogen and oxygen atoms in total. The van der Waals surface area contributed by atoms with Crippen LogP contribution in [0.2, 0.25) is 0 Å². The van der Waals surface area contributed by atoms with Gasteiger partial charge in [-0.1, -0.05) is 12.1 Å². The van der Waals surface area contributed by atoms with Crippen molar-refractivity contribution in [1.29, 1.82) is 0 Å². The van der Waals surface area contributed by atoms with E-state index in [1.165, 1.54) is 34.1 Å². The minimum absolute atomic E-state index is 0.0206. The lowest BCUT2D eigenvalue weighted by Gasteiger charge is -2.41. The summed E-state index contributed by atoms with van der Waals surface area (Å²) >= 11 is 1.27. The molecule has 0 saturated carbocycles. The van der Waals surface area contributed by atoms with Crippen molar-refractivity contribution in [3.05, 3.63) is 41.2 Å². The van der Waals surface area contributed by atoms with E-state index in [1.54, 1.807) is 42.6 Å². The standard InChI is InChI=1S/C20H24FN5O3S/c1-13(27)25-8-9-26(17(11-25)19(29)24(2)3)18(28)10-14-12-30-20(22-14)23-16-7-5-4-6-15(16)21/h4-7,12,17H,8-11H2,1-3H3,(H,22,23)/t17-/m0/s1. The van der Waals surface area contributed by atoms with Gasteiger partial charge in [-0.05, 0) is 12.1 Å². The molecule has 3 amide bonds. The molecule has 1 saturated heterocycles. The second kappa shape index (κ2) is 9.21. The number of thiazole rings is 1. The number of rotatable bonds is 5. The fourth-order valence-electron chi connectivity index (χ4n) is 3.26. The number of nitrogens with zero attached hydrogens (tertiary/aromatic N) is 4. The molecule has 1 aromatic heterocycles. The molecule has 3 rings (SSSR count). The van der Waals surface area contributed by atoms with Crippen LogP contribution in [0.15, 0.2) is 29.6 Å². The van der Waals surface area contributed by atoms with Crippen molar-refractivity contribution in [2.24, 2.45) is 0 Å². The molecule has 1 aliphatic rings. The molecule has 1 fully saturated rings. The van der Waals surface area contributed by atoms with Crippen molar-refractivity contribution in [1.82, 2.24) is 19.7 Å². The van der Waals surface area contributed by atoms with Gasteiger partial charge in [0.15, 0.2) is 5.13 Å². The molecule has 2 heterocycles. The molecule has 1 N–H and O–H groups in total. The van der Waals surface area contributed by atoms with E-state index in [0.717, 1.165) is 0 Å². The molecule has 10 heteroatoms. The predicted octanol–water partition coefficient (Wildman–Crippen LogP) is 1.72. The normalized spacial score (nSPS) is 16.3. The van der Waals surface area contributed by atoms with Gasteiger partial charge in [-0.15, -0.1) is 11.3 Å². The maximum absolute atomic E-state index is 13.8. The molecule has 1 aromatic carbocycles. The molecule has 160 valence electrons. The van der Waals surface area contributed by atoms with Crippen LogP contribution in [0.4, 0.5) is 15.2 Å². The third-order valence-electron chi connectivity index (χ3n) is 4.87. The third-order valence-corrected chi connectivity index (χ3v) is 5.68. The monoisotopic (exact) mass is 433 g/mol. The lowest BCUT2D eigenvalue weighted by molar-refractivity contribution is -0.150. The predicted molar refractivity (Wildman–Crippen MR) is 112 cm³/mol. The van der Waals surface area contributed by atoms with Crippen LogP contribution in [0.1, 0.15) is 12.6 Å². The molecule has 0 aliphatic carbocycles. The topological polar surface area (TPSA) is 85.9 Å². The SMILES string of the molecule is CC(=O)N1CCN(C(=O)Cc2csc(Nc3ccccc3F)n2)[C@H](C(=O)N(C)C)C1. The minimum Gasteiger partial charge on any atom is -0.347 e. The molecule has 0 bridgehead atoms. The van der Waals surface area contributed by atoms with Crippen LogP contribution in [0.3, 0.4) is 0 Å². The Labute approximate surface area is 178 Å². The minimum atomic E-state index is -0.722. The van der Waals surface area contributed by atoms with Crippen LogP contribution < -0.4 is 5.32 Å². The molecule has 0 radical (unpaired) electrons. The van der Waals surface area contributed by atoms with E-state index in [4.69, 9.17) is 0 Å². The van der Waals surface area contributed by atoms with Crippen molar-refractivity contribution < 1.29 is 18.8 Å². The van der Waals surface area contributed by atoms with E-state index in [-0.39, 0.29) is 37.2 Å². The molecular formula is C20H24FN5O3S. The maximum Gasteiger partial charge on any atom is 0.246 e. The van der Waals surface area contributed by atoms with Crippen LogP contribution in [0.5, 0.6) is 0 Å². The van der Waals surface area contributed by atoms with E-state index in [1.807, 2.05) is 0 Å². The van der Waals surface area contributed by atoms with E-state index < -0.39 is 11.9 Å². The first-order valence-electron chi connectivity index (χ1n) is 9.48. The van der Waals surface area contributed by atoms with Gasteiger partial charge >= 0.3 is 0 Å². The van der Waals surface area contributed by atoms with Gasteiger partial charge < -0.3 is 20.0 Å². The van der Waals surface area contributed by atoms with E-state index >= 15 is 0 Å². The number of benzene rings is 1. The number of halogens is 1. The molecule has 1 aliphatic heterocycles. The summed E-state index contributed by atoms with van der Waals surface area (Å²) in [5, 5.41) is 5.12. The van der Waals surface area contributed by atoms with E-state index in [0.29, 0.717) is 23.1 Å². The zero-order valence-electron chi connectivity index (χ0n) is 17.1. The summed E-state index contributed by atoms with van der Waals surface area (Å²) in [6.45, 7) is 2.30. The number of piperazine rings is 1. The number of para-hydroxylation sites is 1. The number of aromatic nitrogens is 1. The lowest BCUT2D eigenvalue weighted by atomic mass is 10.1. The molecule has 30 heavy (non-hydrogen) atoms. The second-order valence-electron chi connectivity index (χ2n) is 7.23. The van der Waals surface area contributed by atoms with Crippen molar-refractivity contribution in [2.75, 3.05) is 39.0 Å². The summed E-state index contributed by atoms with van der Waals surface area (Å²) in [4.78, 5) is 46.2. The Balaban J connectivity index is 1.69. The highest BCUT2D eigenvalue weighted by Crippen LogP contribution is 2.24. The Kier molecular flexibility index (Phi) is 6.66. The van der Waals surface area contributed by atoms with Crippen LogP contribution in [0, 0.1) is 5.82 Å². The number of hydrogen-bond donors (Lipinski definition) is 1. The Morgan fingerprint density at radius 2 is 2.00 bits per heavy atom. The Hall–Kier alpha value is -3.01. The zero-order valence-corrected chi connectivity index (χ0v) is 17.9. The summed E-state index contributed by atoms with van der Waals surface area (Å²) in [6.07, 6.45) is 0.0206. The first kappa shape index (κ1) is 21.7. The zero-order chi connectivity index (χ0) is 21.8. The fraction of sp³-hybridized carbons (Fsp3) is 0.400. The van der Waals surface area contributed by atoms with Gasteiger partial charge in [0.25, 0.3) is 0 Å². The smallest absolute Gasteiger partial charge is 0.246 e. The highest BCUT2D eigenvalue weighted by atomic mass is 32.1. The average Bonchev–Trinajstić information content (AvgIpc) is 3.15. The van der Waals surface area contributed by atoms with Gasteiger partial charge in [0.2, 0.25) is 17.7 Å². The number of amides is 3. The first-order chi connectivity index (χ1) is 14.3. The van der Waals surface area contributed by atoms with Crippen molar-refractivity contribution in [3.8, 4) is 0 Å². The van der Waals surface area contributed by atoms with E-state index in [9.17, 15) is 18.8 Å². The molecule has 0 spiro atoms. The summed E-state index contributed by atoms with van der Waals surface area (Å²) in [5.74, 6) is -0.976. The number of likely N-dealkylation sites (N-methyl/N-ethyl adjacent to an activating group) is 1. The van der Waals surface area contributed by atoms with E-state index in [2.05, 4.69) is 10.3 Å². The Morgan fingerprint density at radius 1 is 1.27 bits per heavy atom. The van der Waals surface area contributed by atoms with Crippen LogP contribution in [-0.4, -0.2) is 77.2 Å². The third kappa shape index (κ3) is 4.93. The molecular weight excluding hydrogens is 409 g/mol. The van der Waals surface area contributed by atoms with Gasteiger partial charge in [0, 0.05) is 39.5 Å². The number of carbonyl (C=O) groups is 3. The van der Waals surface area contributed by atoms with Crippen LogP contribution >= 0.6 is 11.3 Å². The highest BCUT2D eigenvalue weighted by molar-refractivity contribution is 7.13. The largest absolute Gasteiger partial charge is 0.347 e. The van der Waals surface area contributed by atoms with Crippen molar-refractivity contribution in [3.63, 3.8) is 0 Å². The summed E-state index contributed by atoms with van der Waals surface area (Å²) in [5.41, 5.74) is 0.843. The number of hydrogen-bond acceptors (Lipinski definition) is 6. The van der Waals surface area contributed by atoms with Crippen molar-refractivity contribution >= 4 is 39.9 Å². The number of nitrogens with one attached hydrogen (secondary N) is 1. The summed E-state index contributed by atoms with van der Waals surface area (Å²) in [6, 6.07) is 5.55. The summed E-state index contributed by atoms with van der Waals surface area (Å²) < 4.78 is 13.8. The lowest BCUT2D eigenvalue weighted by Crippen LogP contribution is -2.61. The highest BCUT2D eigenvalue weighted by Gasteiger charge is 2.37. The number of carbonyl (C=O) groups excluding carboxylic acids is 3. The molecule has 2 aromatic rings. The second-order valence-corrected chi connectivity index (χ2v) is 8.08. The Morgan fingerprint density at radius 3 is 2.67 bits per heavy atom. The van der Waals surface area contributed by atoms with Gasteiger partial charge in [-0.3, -0.25) is 14.4 Å². The van der Waals surface area contributed by atoms with Crippen LogP contribution in [0.25, 0.3) is 0 Å². The first-order valence-corrected chi connectivity index (χ1v) is 10.4. The quantitative estimate of drug-likeness (QED) is 0.776. The number of anilines is 2. The average molecular weight is 434 g/mol. The van der Waals surface area contributed by atoms with Gasteiger partial charge in [-0.25, -0.2) is 9.37 Å². The van der Waals surface area contributed by atoms with Crippen molar-refractivity contribution in [2.45, 2.75) is 19.4 Å². The Bertz CT molecular complexity index is 948. The molecule has 0 unspecified atom stereocenters. The summed E-state index contributed by atoms with van der Waals surface area (Å²) in [7, 11) is 3.25. The molecule has 1 atom stereocenters. The van der Waals surface area contributed by atoms with Crippen LogP contribution in [-0.2, 0) is 20.8 Å². The fourth-order valence-corrected chi connectivity index (χ4v) is 3.98. The maximum atomic E-state index is 13.8. The van der Waals surface area contributed by atoms with Gasteiger partial charge in [0.1, 0.15) is 11.9 Å². The van der Waals surface area contributed by atoms with Gasteiger partial charge in [0.05, 0.1) is 24.3 Å². The van der Waals surface area contributed by atoms with Gasteiger partial charge in [-0.2, -0.15) is 0 Å².